The van der Waals surface area contributed by atoms with Crippen LogP contribution in [0.2, 0.25) is 0 Å². The van der Waals surface area contributed by atoms with Gasteiger partial charge in [0.15, 0.2) is 12.5 Å². The largest absolute Gasteiger partial charge is 0.543 e. The molecule has 3 aromatic rings. The highest BCUT2D eigenvalue weighted by Gasteiger charge is 2.20. The fraction of sp³-hybridized carbons (Fsp3) is 0.158. The summed E-state index contributed by atoms with van der Waals surface area (Å²) < 4.78 is 30.8. The summed E-state index contributed by atoms with van der Waals surface area (Å²) in [4.78, 5) is 30.6. The lowest BCUT2D eigenvalue weighted by atomic mass is 10.2. The Labute approximate surface area is 203 Å². The molecule has 14 nitrogen and oxygen atoms in total. The Morgan fingerprint density at radius 3 is 2.80 bits per heavy atom. The summed E-state index contributed by atoms with van der Waals surface area (Å²) in [6.45, 7) is 0.802. The van der Waals surface area contributed by atoms with Crippen LogP contribution in [0.25, 0.3) is 0 Å². The van der Waals surface area contributed by atoms with Crippen LogP contribution in [0.3, 0.4) is 0 Å². The van der Waals surface area contributed by atoms with E-state index in [1.165, 1.54) is 12.1 Å². The normalized spacial score (nSPS) is 10.8. The second kappa shape index (κ2) is 10.6. The number of nitrogens with one attached hydrogen (secondary N) is 2. The first kappa shape index (κ1) is 25.1. The Hall–Kier alpha value is -4.49. The highest BCUT2D eigenvalue weighted by molar-refractivity contribution is 7.93. The van der Waals surface area contributed by atoms with Crippen LogP contribution >= 0.6 is 11.3 Å². The number of aromatic nitrogens is 3. The minimum Gasteiger partial charge on any atom is -0.543 e. The van der Waals surface area contributed by atoms with Gasteiger partial charge in [-0.1, -0.05) is 0 Å². The third-order valence-electron chi connectivity index (χ3n) is 4.41. The number of carboxylic acids is 1. The van der Waals surface area contributed by atoms with Crippen LogP contribution in [0.1, 0.15) is 16.1 Å². The molecule has 1 aromatic carbocycles. The highest BCUT2D eigenvalue weighted by atomic mass is 32.2. The number of anilines is 2. The van der Waals surface area contributed by atoms with E-state index in [1.54, 1.807) is 27.9 Å². The second-order valence-electron chi connectivity index (χ2n) is 6.92. The predicted octanol–water partition coefficient (Wildman–Crippen LogP) is -1.82. The van der Waals surface area contributed by atoms with Gasteiger partial charge in [0, 0.05) is 0 Å². The van der Waals surface area contributed by atoms with Crippen molar-refractivity contribution in [2.24, 2.45) is 16.5 Å². The summed E-state index contributed by atoms with van der Waals surface area (Å²) in [6.07, 6.45) is 5.08. The maximum atomic E-state index is 12.7. The SMILES string of the molecule is N#Cc1cc(S(=O)(=O)Nc2scnc2C(=O)[O-])ccc1NC(=O)C[n+]1ccn(CCN=C(N)N)c1. The van der Waals surface area contributed by atoms with Crippen molar-refractivity contribution in [3.63, 3.8) is 0 Å². The van der Waals surface area contributed by atoms with Crippen LogP contribution in [0, 0.1) is 11.3 Å². The number of guanidine groups is 1. The van der Waals surface area contributed by atoms with Crippen molar-refractivity contribution < 1.29 is 27.7 Å². The smallest absolute Gasteiger partial charge is 0.266 e. The number of thiazole rings is 1. The molecule has 0 saturated carbocycles. The summed E-state index contributed by atoms with van der Waals surface area (Å²) in [7, 11) is -4.24. The van der Waals surface area contributed by atoms with Crippen molar-refractivity contribution in [2.75, 3.05) is 16.6 Å². The number of hydrogen-bond acceptors (Lipinski definition) is 9. The summed E-state index contributed by atoms with van der Waals surface area (Å²) in [5.41, 5.74) is 11.2. The van der Waals surface area contributed by atoms with Crippen molar-refractivity contribution in [3.05, 3.63) is 53.7 Å². The van der Waals surface area contributed by atoms with Gasteiger partial charge >= 0.3 is 0 Å². The Kier molecular flexibility index (Phi) is 7.63. The summed E-state index contributed by atoms with van der Waals surface area (Å²) in [5, 5.41) is 22.9. The molecule has 2 aromatic heterocycles. The zero-order valence-corrected chi connectivity index (χ0v) is 19.5. The van der Waals surface area contributed by atoms with Gasteiger partial charge in [-0.25, -0.2) is 27.5 Å². The van der Waals surface area contributed by atoms with Crippen LogP contribution in [-0.4, -0.2) is 42.3 Å². The average Bonchev–Trinajstić information content (AvgIpc) is 3.42. The molecule has 1 amide bonds. The molecule has 0 aliphatic rings. The third-order valence-corrected chi connectivity index (χ3v) is 6.63. The molecule has 6 N–H and O–H groups in total. The highest BCUT2D eigenvalue weighted by Crippen LogP contribution is 2.26. The Morgan fingerprint density at radius 1 is 1.34 bits per heavy atom. The molecule has 0 saturated heterocycles. The van der Waals surface area contributed by atoms with E-state index < -0.39 is 27.6 Å². The lowest BCUT2D eigenvalue weighted by Crippen LogP contribution is -2.38. The number of aliphatic imine (C=N–C) groups is 1. The third kappa shape index (κ3) is 6.52. The standard InChI is InChI=1S/C19H19N9O5S2/c20-8-12-7-13(35(32,33)26-17-16(18(30)31)24-10-34-17)1-2-14(12)25-15(29)9-28-6-5-27(11-28)4-3-23-19(21)22/h1-2,5-7,10-11,26H,3-4,9H2,(H5-,21,22,23,25,29,30,31). The number of hydrogen-bond donors (Lipinski definition) is 4. The minimum absolute atomic E-state index is 0.0156. The first-order valence-electron chi connectivity index (χ1n) is 9.71. The zero-order chi connectivity index (χ0) is 25.6. The van der Waals surface area contributed by atoms with Crippen molar-refractivity contribution >= 4 is 49.9 Å². The quantitative estimate of drug-likeness (QED) is 0.135. The molecule has 0 aliphatic carbocycles. The van der Waals surface area contributed by atoms with Crippen LogP contribution in [0.5, 0.6) is 0 Å². The first-order valence-corrected chi connectivity index (χ1v) is 12.1. The number of carbonyl (C=O) groups excluding carboxylic acids is 2. The fourth-order valence-corrected chi connectivity index (χ4v) is 4.86. The number of carbonyl (C=O) groups is 2. The van der Waals surface area contributed by atoms with Crippen LogP contribution in [0.4, 0.5) is 10.7 Å². The molecule has 0 unspecified atom stereocenters. The lowest BCUT2D eigenvalue weighted by molar-refractivity contribution is -0.683. The van der Waals surface area contributed by atoms with Crippen molar-refractivity contribution in [2.45, 2.75) is 18.0 Å². The van der Waals surface area contributed by atoms with Crippen LogP contribution in [0.15, 0.2) is 52.3 Å². The number of aromatic carboxylic acids is 1. The number of nitrogens with zero attached hydrogens (tertiary/aromatic N) is 5. The fourth-order valence-electron chi connectivity index (χ4n) is 2.85. The van der Waals surface area contributed by atoms with E-state index in [0.29, 0.717) is 13.1 Å². The van der Waals surface area contributed by atoms with E-state index in [1.807, 2.05) is 6.07 Å². The van der Waals surface area contributed by atoms with E-state index in [4.69, 9.17) is 11.5 Å². The maximum absolute atomic E-state index is 12.7. The number of benzene rings is 1. The Balaban J connectivity index is 1.69. The molecule has 0 aliphatic heterocycles. The summed E-state index contributed by atoms with van der Waals surface area (Å²) in [5.74, 6) is -2.11. The predicted molar refractivity (Wildman–Crippen MR) is 122 cm³/mol. The van der Waals surface area contributed by atoms with Crippen LogP contribution in [-0.2, 0) is 27.9 Å². The average molecular weight is 518 g/mol. The van der Waals surface area contributed by atoms with Gasteiger partial charge in [0.25, 0.3) is 15.9 Å². The van der Waals surface area contributed by atoms with Crippen LogP contribution < -0.4 is 31.2 Å². The molecule has 16 heteroatoms. The van der Waals surface area contributed by atoms with Crippen molar-refractivity contribution in [1.82, 2.24) is 9.55 Å². The number of amides is 1. The van der Waals surface area contributed by atoms with Crippen molar-refractivity contribution in [1.29, 1.82) is 5.26 Å². The molecule has 182 valence electrons. The molecule has 0 bridgehead atoms. The van der Waals surface area contributed by atoms with Gasteiger partial charge in [0.05, 0.1) is 34.2 Å². The molecular weight excluding hydrogens is 498 g/mol. The van der Waals surface area contributed by atoms with Gasteiger partial charge in [0.1, 0.15) is 35.7 Å². The molecule has 35 heavy (non-hydrogen) atoms. The van der Waals surface area contributed by atoms with Gasteiger partial charge < -0.3 is 26.7 Å². The molecule has 0 atom stereocenters. The topological polar surface area (TPSA) is 225 Å². The van der Waals surface area contributed by atoms with Crippen molar-refractivity contribution in [3.8, 4) is 6.07 Å². The van der Waals surface area contributed by atoms with Gasteiger partial charge in [-0.05, 0) is 18.2 Å². The van der Waals surface area contributed by atoms with Gasteiger partial charge in [0.2, 0.25) is 6.33 Å². The number of carboxylic acid groups (broad SMARTS) is 1. The lowest BCUT2D eigenvalue weighted by Gasteiger charge is -2.11. The molecule has 0 radical (unpaired) electrons. The number of rotatable bonds is 10. The molecule has 3 rings (SSSR count). The number of nitriles is 1. The maximum Gasteiger partial charge on any atom is 0.266 e. The second-order valence-corrected chi connectivity index (χ2v) is 9.46. The van der Waals surface area contributed by atoms with E-state index in [2.05, 4.69) is 20.0 Å². The first-order chi connectivity index (χ1) is 16.6. The number of sulfonamides is 1. The monoisotopic (exact) mass is 517 g/mol. The molecular formula is C19H19N9O5S2. The minimum atomic E-state index is -4.24. The number of nitrogens with two attached hydrogens (primary N) is 2. The summed E-state index contributed by atoms with van der Waals surface area (Å²) >= 11 is 0.763. The van der Waals surface area contributed by atoms with E-state index in [-0.39, 0.29) is 33.7 Å². The van der Waals surface area contributed by atoms with E-state index in [0.717, 1.165) is 22.9 Å². The molecule has 2 heterocycles. The summed E-state index contributed by atoms with van der Waals surface area (Å²) in [6, 6.07) is 5.34. The number of imidazole rings is 1. The van der Waals surface area contributed by atoms with Gasteiger partial charge in [-0.15, -0.1) is 11.3 Å². The molecule has 0 spiro atoms. The zero-order valence-electron chi connectivity index (χ0n) is 17.9. The van der Waals surface area contributed by atoms with Gasteiger partial charge in [-0.3, -0.25) is 9.52 Å². The van der Waals surface area contributed by atoms with E-state index in [9.17, 15) is 28.4 Å². The Morgan fingerprint density at radius 2 is 2.11 bits per heavy atom. The van der Waals surface area contributed by atoms with Gasteiger partial charge in [-0.2, -0.15) is 5.26 Å². The van der Waals surface area contributed by atoms with E-state index >= 15 is 0 Å². The Bertz CT molecular complexity index is 1430. The molecule has 0 fully saturated rings.